The lowest BCUT2D eigenvalue weighted by Crippen LogP contribution is -2.28. The summed E-state index contributed by atoms with van der Waals surface area (Å²) < 4.78 is 5.65. The molecule has 3 nitrogen and oxygen atoms in total. The number of hydrogen-bond acceptors (Lipinski definition) is 3. The van der Waals surface area contributed by atoms with E-state index in [0.29, 0.717) is 12.6 Å². The SMILES string of the molecule is CN(CC1CCCO1)c1ccc(CCN)c(Cl)c1. The predicted octanol–water partition coefficient (Wildman–Crippen LogP) is 2.46. The molecule has 1 unspecified atom stereocenters. The lowest BCUT2D eigenvalue weighted by molar-refractivity contribution is 0.116. The summed E-state index contributed by atoms with van der Waals surface area (Å²) in [4.78, 5) is 2.20. The number of ether oxygens (including phenoxy) is 1. The zero-order valence-electron chi connectivity index (χ0n) is 10.9. The van der Waals surface area contributed by atoms with Crippen LogP contribution >= 0.6 is 11.6 Å². The van der Waals surface area contributed by atoms with Gasteiger partial charge in [0.05, 0.1) is 6.10 Å². The van der Waals surface area contributed by atoms with Gasteiger partial charge in [0.15, 0.2) is 0 Å². The van der Waals surface area contributed by atoms with Gasteiger partial charge in [0.25, 0.3) is 0 Å². The van der Waals surface area contributed by atoms with Crippen molar-refractivity contribution >= 4 is 17.3 Å². The highest BCUT2D eigenvalue weighted by Gasteiger charge is 2.17. The molecule has 1 heterocycles. The third kappa shape index (κ3) is 3.37. The molecule has 0 radical (unpaired) electrons. The quantitative estimate of drug-likeness (QED) is 0.892. The fourth-order valence-corrected chi connectivity index (χ4v) is 2.60. The molecular weight excluding hydrogens is 248 g/mol. The van der Waals surface area contributed by atoms with E-state index in [9.17, 15) is 0 Å². The molecule has 100 valence electrons. The van der Waals surface area contributed by atoms with Gasteiger partial charge in [0, 0.05) is 30.9 Å². The Morgan fingerprint density at radius 2 is 2.33 bits per heavy atom. The minimum Gasteiger partial charge on any atom is -0.376 e. The first kappa shape index (κ1) is 13.7. The zero-order valence-corrected chi connectivity index (χ0v) is 11.6. The second-order valence-electron chi connectivity index (χ2n) is 4.83. The van der Waals surface area contributed by atoms with Crippen molar-refractivity contribution in [1.29, 1.82) is 0 Å². The molecule has 2 N–H and O–H groups in total. The Bertz CT molecular complexity index is 391. The number of nitrogens with two attached hydrogens (primary N) is 1. The third-order valence-corrected chi connectivity index (χ3v) is 3.74. The lowest BCUT2D eigenvalue weighted by atomic mass is 10.1. The maximum atomic E-state index is 6.26. The van der Waals surface area contributed by atoms with Crippen LogP contribution in [0.5, 0.6) is 0 Å². The molecule has 0 aromatic heterocycles. The van der Waals surface area contributed by atoms with E-state index < -0.39 is 0 Å². The minimum absolute atomic E-state index is 0.359. The number of rotatable bonds is 5. The van der Waals surface area contributed by atoms with Gasteiger partial charge in [-0.25, -0.2) is 0 Å². The Labute approximate surface area is 114 Å². The number of hydrogen-bond donors (Lipinski definition) is 1. The molecule has 1 saturated heterocycles. The Kier molecular flexibility index (Phi) is 4.87. The predicted molar refractivity (Wildman–Crippen MR) is 76.5 cm³/mol. The standard InChI is InChI=1S/C14H21ClN2O/c1-17(10-13-3-2-8-18-13)12-5-4-11(6-7-16)14(15)9-12/h4-5,9,13H,2-3,6-8,10,16H2,1H3. The van der Waals surface area contributed by atoms with Crippen LogP contribution < -0.4 is 10.6 Å². The van der Waals surface area contributed by atoms with Gasteiger partial charge < -0.3 is 15.4 Å². The molecule has 18 heavy (non-hydrogen) atoms. The first-order valence-electron chi connectivity index (χ1n) is 6.52. The Morgan fingerprint density at radius 1 is 1.50 bits per heavy atom. The zero-order chi connectivity index (χ0) is 13.0. The van der Waals surface area contributed by atoms with E-state index in [1.165, 1.54) is 6.42 Å². The lowest BCUT2D eigenvalue weighted by Gasteiger charge is -2.23. The van der Waals surface area contributed by atoms with Crippen LogP contribution in [0.3, 0.4) is 0 Å². The van der Waals surface area contributed by atoms with Gasteiger partial charge in [-0.3, -0.25) is 0 Å². The van der Waals surface area contributed by atoms with Gasteiger partial charge in [-0.15, -0.1) is 0 Å². The van der Waals surface area contributed by atoms with Crippen molar-refractivity contribution in [2.75, 3.05) is 31.6 Å². The molecule has 4 heteroatoms. The summed E-state index contributed by atoms with van der Waals surface area (Å²) in [5.41, 5.74) is 7.80. The van der Waals surface area contributed by atoms with Gasteiger partial charge in [0.1, 0.15) is 0 Å². The molecule has 0 spiro atoms. The van der Waals surface area contributed by atoms with E-state index in [-0.39, 0.29) is 0 Å². The normalized spacial score (nSPS) is 19.2. The van der Waals surface area contributed by atoms with Gasteiger partial charge in [-0.2, -0.15) is 0 Å². The van der Waals surface area contributed by atoms with Crippen LogP contribution in [0.25, 0.3) is 0 Å². The molecule has 2 rings (SSSR count). The van der Waals surface area contributed by atoms with E-state index in [1.54, 1.807) is 0 Å². The highest BCUT2D eigenvalue weighted by molar-refractivity contribution is 6.31. The van der Waals surface area contributed by atoms with E-state index >= 15 is 0 Å². The Morgan fingerprint density at radius 3 is 2.94 bits per heavy atom. The van der Waals surface area contributed by atoms with Crippen LogP contribution in [-0.4, -0.2) is 32.8 Å². The van der Waals surface area contributed by atoms with Crippen LogP contribution in [0.4, 0.5) is 5.69 Å². The summed E-state index contributed by atoms with van der Waals surface area (Å²) in [7, 11) is 2.08. The van der Waals surface area contributed by atoms with Crippen molar-refractivity contribution in [3.05, 3.63) is 28.8 Å². The summed E-state index contributed by atoms with van der Waals surface area (Å²) >= 11 is 6.26. The highest BCUT2D eigenvalue weighted by Crippen LogP contribution is 2.24. The second kappa shape index (κ2) is 6.41. The van der Waals surface area contributed by atoms with Crippen molar-refractivity contribution in [3.8, 4) is 0 Å². The monoisotopic (exact) mass is 268 g/mol. The number of benzene rings is 1. The maximum Gasteiger partial charge on any atom is 0.0750 e. The van der Waals surface area contributed by atoms with Crippen LogP contribution in [-0.2, 0) is 11.2 Å². The average Bonchev–Trinajstić information content (AvgIpc) is 2.84. The molecule has 0 bridgehead atoms. The van der Waals surface area contributed by atoms with E-state index in [1.807, 2.05) is 6.07 Å². The molecule has 1 atom stereocenters. The first-order chi connectivity index (χ1) is 8.70. The molecule has 1 aromatic rings. The van der Waals surface area contributed by atoms with Crippen molar-refractivity contribution in [2.45, 2.75) is 25.4 Å². The van der Waals surface area contributed by atoms with Crippen molar-refractivity contribution in [2.24, 2.45) is 5.73 Å². The van der Waals surface area contributed by atoms with E-state index in [2.05, 4.69) is 24.1 Å². The van der Waals surface area contributed by atoms with Crippen LogP contribution in [0.1, 0.15) is 18.4 Å². The first-order valence-corrected chi connectivity index (χ1v) is 6.89. The molecule has 1 aromatic carbocycles. The summed E-state index contributed by atoms with van der Waals surface area (Å²) in [5.74, 6) is 0. The fraction of sp³-hybridized carbons (Fsp3) is 0.571. The topological polar surface area (TPSA) is 38.5 Å². The molecule has 1 fully saturated rings. The average molecular weight is 269 g/mol. The molecule has 0 amide bonds. The van der Waals surface area contributed by atoms with Gasteiger partial charge in [-0.05, 0) is 43.5 Å². The second-order valence-corrected chi connectivity index (χ2v) is 5.24. The summed E-state index contributed by atoms with van der Waals surface area (Å²) in [6.07, 6.45) is 3.52. The van der Waals surface area contributed by atoms with Crippen molar-refractivity contribution in [1.82, 2.24) is 0 Å². The van der Waals surface area contributed by atoms with Crippen LogP contribution in [0.2, 0.25) is 5.02 Å². The maximum absolute atomic E-state index is 6.26. The molecule has 1 aliphatic rings. The van der Waals surface area contributed by atoms with Crippen molar-refractivity contribution < 1.29 is 4.74 Å². The molecule has 1 aliphatic heterocycles. The van der Waals surface area contributed by atoms with Crippen LogP contribution in [0, 0.1) is 0 Å². The number of anilines is 1. The van der Waals surface area contributed by atoms with Gasteiger partial charge in [-0.1, -0.05) is 17.7 Å². The van der Waals surface area contributed by atoms with E-state index in [0.717, 1.165) is 42.3 Å². The highest BCUT2D eigenvalue weighted by atomic mass is 35.5. The Hall–Kier alpha value is -0.770. The third-order valence-electron chi connectivity index (χ3n) is 3.39. The molecular formula is C14H21ClN2O. The minimum atomic E-state index is 0.359. The molecule has 0 aliphatic carbocycles. The van der Waals surface area contributed by atoms with Crippen molar-refractivity contribution in [3.63, 3.8) is 0 Å². The van der Waals surface area contributed by atoms with Crippen LogP contribution in [0.15, 0.2) is 18.2 Å². The van der Waals surface area contributed by atoms with Gasteiger partial charge >= 0.3 is 0 Å². The number of halogens is 1. The number of nitrogens with zero attached hydrogens (tertiary/aromatic N) is 1. The summed E-state index contributed by atoms with van der Waals surface area (Å²) in [6.45, 7) is 2.45. The van der Waals surface area contributed by atoms with E-state index in [4.69, 9.17) is 22.1 Å². The summed E-state index contributed by atoms with van der Waals surface area (Å²) in [6, 6.07) is 6.18. The Balaban J connectivity index is 2.01. The fourth-order valence-electron chi connectivity index (χ4n) is 2.33. The van der Waals surface area contributed by atoms with Gasteiger partial charge in [0.2, 0.25) is 0 Å². The summed E-state index contributed by atoms with van der Waals surface area (Å²) in [5, 5.41) is 0.803. The smallest absolute Gasteiger partial charge is 0.0750 e. The largest absolute Gasteiger partial charge is 0.376 e. The molecule has 0 saturated carbocycles. The number of likely N-dealkylation sites (N-methyl/N-ethyl adjacent to an activating group) is 1.